The zero-order valence-electron chi connectivity index (χ0n) is 10.7. The monoisotopic (exact) mass is 295 g/mol. The fraction of sp³-hybridized carbons (Fsp3) is 0.417. The SMILES string of the molecule is C#CC1(CO)CC(F)C(n2cnc3c(N)nc(F)nc32)O1. The summed E-state index contributed by atoms with van der Waals surface area (Å²) < 4.78 is 34.1. The summed E-state index contributed by atoms with van der Waals surface area (Å²) in [7, 11) is 0. The van der Waals surface area contributed by atoms with E-state index in [9.17, 15) is 13.9 Å². The number of aromatic nitrogens is 4. The quantitative estimate of drug-likeness (QED) is 0.605. The van der Waals surface area contributed by atoms with Crippen LogP contribution < -0.4 is 5.73 Å². The van der Waals surface area contributed by atoms with Crippen LogP contribution in [0.2, 0.25) is 0 Å². The Bertz CT molecular complexity index is 743. The van der Waals surface area contributed by atoms with Gasteiger partial charge in [0.05, 0.1) is 12.9 Å². The van der Waals surface area contributed by atoms with Gasteiger partial charge in [0.25, 0.3) is 0 Å². The number of nitrogens with two attached hydrogens (primary N) is 1. The van der Waals surface area contributed by atoms with Crippen molar-refractivity contribution in [1.29, 1.82) is 0 Å². The van der Waals surface area contributed by atoms with Crippen LogP contribution in [0.3, 0.4) is 0 Å². The number of alkyl halides is 1. The van der Waals surface area contributed by atoms with Gasteiger partial charge in [0.2, 0.25) is 0 Å². The molecule has 0 aliphatic carbocycles. The summed E-state index contributed by atoms with van der Waals surface area (Å²) >= 11 is 0. The normalized spacial score (nSPS) is 28.9. The fourth-order valence-corrected chi connectivity index (χ4v) is 2.34. The Morgan fingerprint density at radius 1 is 1.62 bits per heavy atom. The molecule has 3 rings (SSSR count). The lowest BCUT2D eigenvalue weighted by Crippen LogP contribution is -2.31. The maximum atomic E-state index is 14.2. The molecule has 110 valence electrons. The maximum absolute atomic E-state index is 14.2. The Morgan fingerprint density at radius 2 is 2.38 bits per heavy atom. The number of nitrogens with zero attached hydrogens (tertiary/aromatic N) is 4. The zero-order chi connectivity index (χ0) is 15.2. The van der Waals surface area contributed by atoms with E-state index in [1.807, 2.05) is 0 Å². The van der Waals surface area contributed by atoms with Crippen LogP contribution in [-0.4, -0.2) is 43.0 Å². The molecule has 3 atom stereocenters. The number of anilines is 1. The molecule has 1 fully saturated rings. The van der Waals surface area contributed by atoms with Gasteiger partial charge in [-0.3, -0.25) is 4.57 Å². The molecule has 3 N–H and O–H groups in total. The van der Waals surface area contributed by atoms with Crippen molar-refractivity contribution >= 4 is 17.0 Å². The molecule has 2 aromatic heterocycles. The number of aliphatic hydroxyl groups is 1. The van der Waals surface area contributed by atoms with Crippen LogP contribution in [0.25, 0.3) is 11.2 Å². The van der Waals surface area contributed by atoms with E-state index in [1.165, 1.54) is 10.9 Å². The molecule has 21 heavy (non-hydrogen) atoms. The van der Waals surface area contributed by atoms with Crippen molar-refractivity contribution in [2.24, 2.45) is 0 Å². The number of aliphatic hydroxyl groups excluding tert-OH is 1. The first-order valence-electron chi connectivity index (χ1n) is 6.06. The van der Waals surface area contributed by atoms with Gasteiger partial charge < -0.3 is 15.6 Å². The van der Waals surface area contributed by atoms with Crippen molar-refractivity contribution in [3.05, 3.63) is 12.4 Å². The second-order valence-electron chi connectivity index (χ2n) is 4.73. The third kappa shape index (κ3) is 2.00. The summed E-state index contributed by atoms with van der Waals surface area (Å²) in [5.41, 5.74) is 4.25. The molecule has 0 saturated carbocycles. The smallest absolute Gasteiger partial charge is 0.312 e. The average Bonchev–Trinajstić information content (AvgIpc) is 3.00. The van der Waals surface area contributed by atoms with E-state index in [2.05, 4.69) is 20.9 Å². The van der Waals surface area contributed by atoms with Gasteiger partial charge in [-0.25, -0.2) is 9.37 Å². The topological polar surface area (TPSA) is 99.1 Å². The van der Waals surface area contributed by atoms with E-state index in [0.717, 1.165) is 0 Å². The summed E-state index contributed by atoms with van der Waals surface area (Å²) in [6.45, 7) is -0.529. The van der Waals surface area contributed by atoms with Crippen molar-refractivity contribution in [1.82, 2.24) is 19.5 Å². The Labute approximate surface area is 117 Å². The molecule has 1 aliphatic rings. The standard InChI is InChI=1S/C12H11F2N5O2/c1-2-12(4-20)3-6(13)10(21-12)19-5-16-7-8(15)17-11(14)18-9(7)19/h1,5-6,10,20H,3-4H2,(H2,15,17,18). The molecule has 1 aliphatic heterocycles. The zero-order valence-corrected chi connectivity index (χ0v) is 10.7. The molecule has 0 spiro atoms. The maximum Gasteiger partial charge on any atom is 0.312 e. The van der Waals surface area contributed by atoms with Gasteiger partial charge in [-0.15, -0.1) is 6.42 Å². The second kappa shape index (κ2) is 4.61. The van der Waals surface area contributed by atoms with E-state index in [4.69, 9.17) is 16.9 Å². The minimum atomic E-state index is -1.51. The Morgan fingerprint density at radius 3 is 3.00 bits per heavy atom. The van der Waals surface area contributed by atoms with Gasteiger partial charge in [0.15, 0.2) is 28.8 Å². The Hall–Kier alpha value is -2.31. The van der Waals surface area contributed by atoms with Gasteiger partial charge in [0, 0.05) is 6.42 Å². The molecular formula is C12H11F2N5O2. The van der Waals surface area contributed by atoms with E-state index < -0.39 is 30.7 Å². The molecule has 1 saturated heterocycles. The third-order valence-electron chi connectivity index (χ3n) is 3.39. The molecular weight excluding hydrogens is 284 g/mol. The average molecular weight is 295 g/mol. The molecule has 7 nitrogen and oxygen atoms in total. The summed E-state index contributed by atoms with van der Waals surface area (Å²) in [6, 6.07) is 0. The van der Waals surface area contributed by atoms with Crippen LogP contribution in [0.15, 0.2) is 6.33 Å². The number of hydrogen-bond acceptors (Lipinski definition) is 6. The number of hydrogen-bond donors (Lipinski definition) is 2. The van der Waals surface area contributed by atoms with E-state index >= 15 is 0 Å². The van der Waals surface area contributed by atoms with Crippen LogP contribution in [0.5, 0.6) is 0 Å². The highest BCUT2D eigenvalue weighted by atomic mass is 19.1. The fourth-order valence-electron chi connectivity index (χ4n) is 2.34. The minimum absolute atomic E-state index is 0.00147. The molecule has 0 amide bonds. The Kier molecular flexibility index (Phi) is 3.00. The summed E-state index contributed by atoms with van der Waals surface area (Å²) in [5.74, 6) is 2.09. The first kappa shape index (κ1) is 13.7. The van der Waals surface area contributed by atoms with Crippen LogP contribution >= 0.6 is 0 Å². The lowest BCUT2D eigenvalue weighted by Gasteiger charge is -2.20. The van der Waals surface area contributed by atoms with Crippen molar-refractivity contribution in [2.45, 2.75) is 24.4 Å². The molecule has 3 unspecified atom stereocenters. The lowest BCUT2D eigenvalue weighted by molar-refractivity contribution is -0.0708. The predicted molar refractivity (Wildman–Crippen MR) is 68.0 cm³/mol. The predicted octanol–water partition coefficient (Wildman–Crippen LogP) is 0.169. The van der Waals surface area contributed by atoms with E-state index in [1.54, 1.807) is 0 Å². The summed E-state index contributed by atoms with van der Waals surface area (Å²) in [4.78, 5) is 10.8. The first-order valence-corrected chi connectivity index (χ1v) is 6.06. The highest BCUT2D eigenvalue weighted by Gasteiger charge is 2.47. The second-order valence-corrected chi connectivity index (χ2v) is 4.73. The number of terminal acetylenes is 1. The summed E-state index contributed by atoms with van der Waals surface area (Å²) in [6.07, 6.45) is 2.58. The number of nitrogen functional groups attached to an aromatic ring is 1. The van der Waals surface area contributed by atoms with E-state index in [-0.39, 0.29) is 23.4 Å². The highest BCUT2D eigenvalue weighted by molar-refractivity contribution is 5.81. The molecule has 0 radical (unpaired) electrons. The van der Waals surface area contributed by atoms with E-state index in [0.29, 0.717) is 0 Å². The van der Waals surface area contributed by atoms with Crippen molar-refractivity contribution in [3.8, 4) is 12.3 Å². The third-order valence-corrected chi connectivity index (χ3v) is 3.39. The minimum Gasteiger partial charge on any atom is -0.392 e. The highest BCUT2D eigenvalue weighted by Crippen LogP contribution is 2.39. The van der Waals surface area contributed by atoms with Crippen LogP contribution in [0, 0.1) is 18.4 Å². The van der Waals surface area contributed by atoms with Gasteiger partial charge in [-0.2, -0.15) is 14.4 Å². The van der Waals surface area contributed by atoms with Crippen LogP contribution in [0.1, 0.15) is 12.6 Å². The molecule has 3 heterocycles. The number of halogens is 2. The lowest BCUT2D eigenvalue weighted by atomic mass is 10.0. The number of ether oxygens (including phenoxy) is 1. The largest absolute Gasteiger partial charge is 0.392 e. The van der Waals surface area contributed by atoms with Gasteiger partial charge in [-0.05, 0) is 0 Å². The molecule has 0 bridgehead atoms. The van der Waals surface area contributed by atoms with Crippen LogP contribution in [-0.2, 0) is 4.74 Å². The number of rotatable bonds is 2. The first-order chi connectivity index (χ1) is 9.99. The number of fused-ring (bicyclic) bond motifs is 1. The molecule has 2 aromatic rings. The number of imidazole rings is 1. The molecule has 0 aromatic carbocycles. The Balaban J connectivity index is 2.08. The summed E-state index contributed by atoms with van der Waals surface area (Å²) in [5, 5.41) is 9.29. The van der Waals surface area contributed by atoms with Crippen molar-refractivity contribution in [3.63, 3.8) is 0 Å². The van der Waals surface area contributed by atoms with Crippen LogP contribution in [0.4, 0.5) is 14.6 Å². The van der Waals surface area contributed by atoms with Crippen molar-refractivity contribution < 1.29 is 18.6 Å². The van der Waals surface area contributed by atoms with Gasteiger partial charge >= 0.3 is 6.08 Å². The van der Waals surface area contributed by atoms with Crippen molar-refractivity contribution in [2.75, 3.05) is 12.3 Å². The van der Waals surface area contributed by atoms with Gasteiger partial charge in [0.1, 0.15) is 6.17 Å². The molecule has 9 heteroatoms. The van der Waals surface area contributed by atoms with Gasteiger partial charge in [-0.1, -0.05) is 5.92 Å².